The summed E-state index contributed by atoms with van der Waals surface area (Å²) in [6, 6.07) is 0. The number of likely N-dealkylation sites (tertiary alicyclic amines) is 1. The smallest absolute Gasteiger partial charge is 0.364 e. The Labute approximate surface area is 70.5 Å². The first-order valence-electron chi connectivity index (χ1n) is 3.90. The normalized spacial score (nSPS) is 23.8. The molecule has 0 spiro atoms. The Morgan fingerprint density at radius 1 is 1.67 bits per heavy atom. The van der Waals surface area contributed by atoms with Gasteiger partial charge < -0.3 is 10.0 Å². The topological polar surface area (TPSA) is 40.5 Å². The number of rotatable bonds is 1. The summed E-state index contributed by atoms with van der Waals surface area (Å²) in [6.45, 7) is 1.36. The highest BCUT2D eigenvalue weighted by atomic mass is 19.1. The first-order chi connectivity index (χ1) is 5.61. The Balaban J connectivity index is 2.72. The van der Waals surface area contributed by atoms with Crippen LogP contribution >= 0.6 is 0 Å². The van der Waals surface area contributed by atoms with E-state index in [9.17, 15) is 9.18 Å². The van der Waals surface area contributed by atoms with Crippen LogP contribution in [0.3, 0.4) is 0 Å². The van der Waals surface area contributed by atoms with Crippen LogP contribution in [0.2, 0.25) is 0 Å². The zero-order valence-corrected chi connectivity index (χ0v) is 7.01. The number of carboxylic acids is 1. The third-order valence-electron chi connectivity index (χ3n) is 1.98. The predicted molar refractivity (Wildman–Crippen MR) is 42.5 cm³/mol. The van der Waals surface area contributed by atoms with Crippen molar-refractivity contribution in [1.29, 1.82) is 0 Å². The molecule has 0 aliphatic carbocycles. The number of halogens is 1. The molecule has 0 saturated carbocycles. The van der Waals surface area contributed by atoms with Crippen LogP contribution in [0.5, 0.6) is 0 Å². The predicted octanol–water partition coefficient (Wildman–Crippen LogP) is 1.02. The van der Waals surface area contributed by atoms with Crippen molar-refractivity contribution in [3.05, 3.63) is 11.4 Å². The van der Waals surface area contributed by atoms with Gasteiger partial charge in [-0.15, -0.1) is 0 Å². The minimum atomic E-state index is -1.44. The number of piperidine rings is 1. The van der Waals surface area contributed by atoms with Gasteiger partial charge in [0, 0.05) is 6.54 Å². The standard InChI is InChI=1S/C8H12FNO2/c1-10-4-2-3-6(5-10)7(9)8(11)12/h2-5H2,1H3,(H,11,12). The molecule has 0 atom stereocenters. The first-order valence-corrected chi connectivity index (χ1v) is 3.90. The number of hydrogen-bond acceptors (Lipinski definition) is 2. The number of nitrogens with zero attached hydrogens (tertiary/aromatic N) is 1. The van der Waals surface area contributed by atoms with E-state index < -0.39 is 11.8 Å². The SMILES string of the molecule is CN1CCCC(=C(F)C(=O)O)C1. The summed E-state index contributed by atoms with van der Waals surface area (Å²) in [6.07, 6.45) is 1.41. The lowest BCUT2D eigenvalue weighted by Crippen LogP contribution is -2.28. The van der Waals surface area contributed by atoms with Crippen LogP contribution in [0.4, 0.5) is 4.39 Å². The maximum absolute atomic E-state index is 12.8. The molecule has 0 radical (unpaired) electrons. The Morgan fingerprint density at radius 2 is 2.33 bits per heavy atom. The molecular formula is C8H12FNO2. The molecule has 1 saturated heterocycles. The van der Waals surface area contributed by atoms with E-state index >= 15 is 0 Å². The quantitative estimate of drug-likeness (QED) is 0.602. The van der Waals surface area contributed by atoms with Crippen molar-refractivity contribution in [2.75, 3.05) is 20.1 Å². The van der Waals surface area contributed by atoms with Crippen molar-refractivity contribution in [1.82, 2.24) is 4.90 Å². The van der Waals surface area contributed by atoms with Crippen molar-refractivity contribution in [3.8, 4) is 0 Å². The lowest BCUT2D eigenvalue weighted by Gasteiger charge is -2.24. The second-order valence-electron chi connectivity index (χ2n) is 3.06. The van der Waals surface area contributed by atoms with Crippen molar-refractivity contribution in [3.63, 3.8) is 0 Å². The fourth-order valence-corrected chi connectivity index (χ4v) is 1.38. The van der Waals surface area contributed by atoms with Crippen LogP contribution < -0.4 is 0 Å². The zero-order chi connectivity index (χ0) is 9.14. The Hall–Kier alpha value is -0.900. The van der Waals surface area contributed by atoms with E-state index in [4.69, 9.17) is 5.11 Å². The van der Waals surface area contributed by atoms with Crippen molar-refractivity contribution in [2.45, 2.75) is 12.8 Å². The second-order valence-corrected chi connectivity index (χ2v) is 3.06. The van der Waals surface area contributed by atoms with E-state index in [-0.39, 0.29) is 0 Å². The number of likely N-dealkylation sites (N-methyl/N-ethyl adjacent to an activating group) is 1. The summed E-state index contributed by atoms with van der Waals surface area (Å²) in [5, 5.41) is 8.37. The molecule has 12 heavy (non-hydrogen) atoms. The molecule has 0 aromatic heterocycles. The van der Waals surface area contributed by atoms with E-state index in [2.05, 4.69) is 0 Å². The Bertz CT molecular complexity index is 225. The molecule has 1 fully saturated rings. The van der Waals surface area contributed by atoms with Crippen LogP contribution in [-0.4, -0.2) is 36.1 Å². The molecule has 0 aromatic carbocycles. The molecule has 68 valence electrons. The second kappa shape index (κ2) is 3.67. The number of aliphatic carboxylic acids is 1. The summed E-state index contributed by atoms with van der Waals surface area (Å²) in [5.74, 6) is -2.41. The average Bonchev–Trinajstić information content (AvgIpc) is 2.03. The highest BCUT2D eigenvalue weighted by molar-refractivity contribution is 5.85. The molecule has 0 aromatic rings. The van der Waals surface area contributed by atoms with E-state index in [1.54, 1.807) is 0 Å². The third-order valence-corrected chi connectivity index (χ3v) is 1.98. The van der Waals surface area contributed by atoms with Crippen LogP contribution in [0.1, 0.15) is 12.8 Å². The molecule has 1 N–H and O–H groups in total. The molecule has 0 unspecified atom stereocenters. The lowest BCUT2D eigenvalue weighted by molar-refractivity contribution is -0.134. The molecule has 3 nitrogen and oxygen atoms in total. The van der Waals surface area contributed by atoms with Crippen LogP contribution in [0.15, 0.2) is 11.4 Å². The van der Waals surface area contributed by atoms with Crippen molar-refractivity contribution < 1.29 is 14.3 Å². The Morgan fingerprint density at radius 3 is 2.83 bits per heavy atom. The monoisotopic (exact) mass is 173 g/mol. The highest BCUT2D eigenvalue weighted by Crippen LogP contribution is 2.18. The van der Waals surface area contributed by atoms with Gasteiger partial charge in [0.25, 0.3) is 0 Å². The molecule has 1 aliphatic heterocycles. The summed E-state index contributed by atoms with van der Waals surface area (Å²) in [5.41, 5.74) is 0.413. The molecule has 4 heteroatoms. The van der Waals surface area contributed by atoms with Gasteiger partial charge in [-0.05, 0) is 32.0 Å². The summed E-state index contributed by atoms with van der Waals surface area (Å²) < 4.78 is 12.8. The number of carboxylic acid groups (broad SMARTS) is 1. The number of hydrogen-bond donors (Lipinski definition) is 1. The van der Waals surface area contributed by atoms with Gasteiger partial charge in [0.2, 0.25) is 5.83 Å². The van der Waals surface area contributed by atoms with Crippen LogP contribution in [-0.2, 0) is 4.79 Å². The van der Waals surface area contributed by atoms with Gasteiger partial charge >= 0.3 is 5.97 Å². The van der Waals surface area contributed by atoms with E-state index in [1.165, 1.54) is 0 Å². The maximum atomic E-state index is 12.8. The minimum Gasteiger partial charge on any atom is -0.476 e. The zero-order valence-electron chi connectivity index (χ0n) is 7.01. The van der Waals surface area contributed by atoms with Gasteiger partial charge in [-0.1, -0.05) is 0 Å². The third kappa shape index (κ3) is 2.04. The van der Waals surface area contributed by atoms with Gasteiger partial charge in [-0.25, -0.2) is 4.79 Å². The molecule has 0 amide bonds. The Kier molecular flexibility index (Phi) is 2.81. The fraction of sp³-hybridized carbons (Fsp3) is 0.625. The van der Waals surface area contributed by atoms with Crippen molar-refractivity contribution >= 4 is 5.97 Å². The molecule has 1 heterocycles. The largest absolute Gasteiger partial charge is 0.476 e. The molecular weight excluding hydrogens is 161 g/mol. The van der Waals surface area contributed by atoms with Gasteiger partial charge in [0.1, 0.15) is 0 Å². The van der Waals surface area contributed by atoms with Crippen LogP contribution in [0, 0.1) is 0 Å². The van der Waals surface area contributed by atoms with Crippen LogP contribution in [0.25, 0.3) is 0 Å². The molecule has 1 aliphatic rings. The molecule has 0 bridgehead atoms. The van der Waals surface area contributed by atoms with Gasteiger partial charge in [0.15, 0.2) is 0 Å². The first kappa shape index (κ1) is 9.19. The van der Waals surface area contributed by atoms with Gasteiger partial charge in [-0.2, -0.15) is 4.39 Å². The molecule has 1 rings (SSSR count). The summed E-state index contributed by atoms with van der Waals surface area (Å²) in [4.78, 5) is 12.2. The number of carbonyl (C=O) groups is 1. The van der Waals surface area contributed by atoms with E-state index in [1.807, 2.05) is 11.9 Å². The maximum Gasteiger partial charge on any atom is 0.364 e. The van der Waals surface area contributed by atoms with Gasteiger partial charge in [-0.3, -0.25) is 0 Å². The van der Waals surface area contributed by atoms with E-state index in [0.29, 0.717) is 18.5 Å². The van der Waals surface area contributed by atoms with Gasteiger partial charge in [0.05, 0.1) is 0 Å². The fourth-order valence-electron chi connectivity index (χ4n) is 1.38. The van der Waals surface area contributed by atoms with E-state index in [0.717, 1.165) is 13.0 Å². The lowest BCUT2D eigenvalue weighted by atomic mass is 10.0. The average molecular weight is 173 g/mol. The minimum absolute atomic E-state index is 0.413. The summed E-state index contributed by atoms with van der Waals surface area (Å²) >= 11 is 0. The summed E-state index contributed by atoms with van der Waals surface area (Å²) in [7, 11) is 1.86. The highest BCUT2D eigenvalue weighted by Gasteiger charge is 2.18. The van der Waals surface area contributed by atoms with Crippen molar-refractivity contribution in [2.24, 2.45) is 0 Å².